The fourth-order valence-electron chi connectivity index (χ4n) is 1.06. The van der Waals surface area contributed by atoms with Crippen LogP contribution in [0.15, 0.2) is 11.1 Å². The third-order valence-electron chi connectivity index (χ3n) is 1.66. The number of rotatable bonds is 3. The summed E-state index contributed by atoms with van der Waals surface area (Å²) in [6.07, 6.45) is -5.06. The van der Waals surface area contributed by atoms with Crippen molar-refractivity contribution >= 4 is 31.2 Å². The van der Waals surface area contributed by atoms with E-state index in [4.69, 9.17) is 16.4 Å². The van der Waals surface area contributed by atoms with Crippen LogP contribution in [-0.2, 0) is 9.05 Å². The number of ether oxygens (including phenoxy) is 1. The number of alkyl halides is 3. The molecule has 0 aliphatic rings. The highest BCUT2D eigenvalue weighted by Crippen LogP contribution is 2.41. The Morgan fingerprint density at radius 1 is 1.47 bits per heavy atom. The summed E-state index contributed by atoms with van der Waals surface area (Å²) in [7, 11) is 0.0195. The largest absolute Gasteiger partial charge is 0.573 e. The Balaban J connectivity index is 3.70. The molecule has 0 bridgehead atoms. The molecular weight excluding hydrogens is 319 g/mol. The molecular formula is C6H3ClF3N3O5S. The molecule has 13 heteroatoms. The van der Waals surface area contributed by atoms with Gasteiger partial charge in [0.1, 0.15) is 12.0 Å². The zero-order chi connectivity index (χ0) is 15.0. The van der Waals surface area contributed by atoms with Crippen molar-refractivity contribution < 1.29 is 31.2 Å². The van der Waals surface area contributed by atoms with E-state index in [-0.39, 0.29) is 0 Å². The maximum atomic E-state index is 12.1. The van der Waals surface area contributed by atoms with E-state index in [1.807, 2.05) is 0 Å². The fourth-order valence-corrected chi connectivity index (χ4v) is 2.18. The Morgan fingerprint density at radius 2 is 2.00 bits per heavy atom. The molecule has 0 radical (unpaired) electrons. The highest BCUT2D eigenvalue weighted by molar-refractivity contribution is 8.14. The van der Waals surface area contributed by atoms with Crippen LogP contribution >= 0.6 is 10.7 Å². The Bertz CT molecular complexity index is 632. The zero-order valence-corrected chi connectivity index (χ0v) is 10.1. The molecule has 106 valence electrons. The van der Waals surface area contributed by atoms with E-state index < -0.39 is 42.5 Å². The van der Waals surface area contributed by atoms with Crippen molar-refractivity contribution in [3.63, 3.8) is 0 Å². The second-order valence-corrected chi connectivity index (χ2v) is 5.43. The lowest BCUT2D eigenvalue weighted by atomic mass is 10.3. The number of nitrogens with two attached hydrogens (primary N) is 1. The van der Waals surface area contributed by atoms with Gasteiger partial charge in [-0.05, 0) is 0 Å². The van der Waals surface area contributed by atoms with Gasteiger partial charge in [0.05, 0.1) is 4.92 Å². The first kappa shape index (κ1) is 15.2. The van der Waals surface area contributed by atoms with Crippen LogP contribution in [0.1, 0.15) is 0 Å². The van der Waals surface area contributed by atoms with Gasteiger partial charge in [-0.15, -0.1) is 13.2 Å². The second kappa shape index (κ2) is 4.70. The van der Waals surface area contributed by atoms with E-state index in [0.717, 1.165) is 0 Å². The minimum atomic E-state index is -5.38. The lowest BCUT2D eigenvalue weighted by Crippen LogP contribution is -2.20. The summed E-state index contributed by atoms with van der Waals surface area (Å²) < 4.78 is 62.0. The van der Waals surface area contributed by atoms with Crippen molar-refractivity contribution in [2.24, 2.45) is 0 Å². The van der Waals surface area contributed by atoms with Crippen LogP contribution in [0.5, 0.6) is 5.75 Å². The lowest BCUT2D eigenvalue weighted by molar-refractivity contribution is -0.389. The van der Waals surface area contributed by atoms with Crippen molar-refractivity contribution in [1.82, 2.24) is 4.98 Å². The van der Waals surface area contributed by atoms with E-state index in [9.17, 15) is 31.7 Å². The average Bonchev–Trinajstić information content (AvgIpc) is 2.11. The van der Waals surface area contributed by atoms with Crippen molar-refractivity contribution in [3.05, 3.63) is 16.3 Å². The van der Waals surface area contributed by atoms with Gasteiger partial charge < -0.3 is 10.5 Å². The topological polar surface area (TPSA) is 125 Å². The summed E-state index contributed by atoms with van der Waals surface area (Å²) in [6.45, 7) is 0. The number of nitrogen functional groups attached to an aromatic ring is 1. The first-order valence-electron chi connectivity index (χ1n) is 4.06. The molecule has 2 N–H and O–H groups in total. The molecule has 0 fully saturated rings. The molecule has 8 nitrogen and oxygen atoms in total. The third kappa shape index (κ3) is 3.57. The standard InChI is InChI=1S/C6H3ClF3N3O5S/c7-19(16,17)4-3(18-6(8,9)10)2(13(14)15)1-12-5(4)11/h1H,(H2,11,12). The number of pyridine rings is 1. The molecule has 19 heavy (non-hydrogen) atoms. The number of anilines is 1. The van der Waals surface area contributed by atoms with Crippen LogP contribution in [0.2, 0.25) is 0 Å². The molecule has 0 saturated carbocycles. The highest BCUT2D eigenvalue weighted by Gasteiger charge is 2.39. The number of halogens is 4. The van der Waals surface area contributed by atoms with Crippen LogP contribution in [0.3, 0.4) is 0 Å². The number of aromatic nitrogens is 1. The Hall–Kier alpha value is -1.82. The first-order chi connectivity index (χ1) is 8.43. The van der Waals surface area contributed by atoms with Crippen molar-refractivity contribution in [2.75, 3.05) is 5.73 Å². The van der Waals surface area contributed by atoms with E-state index in [1.54, 1.807) is 0 Å². The number of nitro groups is 1. The summed E-state index contributed by atoms with van der Waals surface area (Å²) in [5, 5.41) is 10.5. The molecule has 1 aromatic rings. The van der Waals surface area contributed by atoms with E-state index in [2.05, 4.69) is 9.72 Å². The van der Waals surface area contributed by atoms with Gasteiger partial charge in [-0.1, -0.05) is 0 Å². The molecule has 0 saturated heterocycles. The normalized spacial score (nSPS) is 12.2. The number of nitrogens with zero attached hydrogens (tertiary/aromatic N) is 2. The summed E-state index contributed by atoms with van der Waals surface area (Å²) in [5.74, 6) is -2.60. The van der Waals surface area contributed by atoms with Gasteiger partial charge >= 0.3 is 12.0 Å². The fraction of sp³-hybridized carbons (Fsp3) is 0.167. The smallest absolute Gasteiger partial charge is 0.397 e. The van der Waals surface area contributed by atoms with Gasteiger partial charge in [0.15, 0.2) is 4.90 Å². The van der Waals surface area contributed by atoms with Crippen LogP contribution in [0.4, 0.5) is 24.7 Å². The van der Waals surface area contributed by atoms with E-state index in [1.165, 1.54) is 0 Å². The summed E-state index contributed by atoms with van der Waals surface area (Å²) in [6, 6.07) is 0. The highest BCUT2D eigenvalue weighted by atomic mass is 35.7. The molecule has 0 aliphatic heterocycles. The van der Waals surface area contributed by atoms with Gasteiger partial charge in [0.25, 0.3) is 9.05 Å². The Morgan fingerprint density at radius 3 is 2.37 bits per heavy atom. The van der Waals surface area contributed by atoms with Gasteiger partial charge in [-0.25, -0.2) is 13.4 Å². The minimum absolute atomic E-state index is 0.321. The Kier molecular flexibility index (Phi) is 3.77. The van der Waals surface area contributed by atoms with Crippen molar-refractivity contribution in [1.29, 1.82) is 0 Å². The first-order valence-corrected chi connectivity index (χ1v) is 6.37. The lowest BCUT2D eigenvalue weighted by Gasteiger charge is -2.12. The molecule has 0 spiro atoms. The molecule has 1 heterocycles. The third-order valence-corrected chi connectivity index (χ3v) is 3.00. The predicted molar refractivity (Wildman–Crippen MR) is 55.0 cm³/mol. The second-order valence-electron chi connectivity index (χ2n) is 2.93. The van der Waals surface area contributed by atoms with Crippen LogP contribution in [0.25, 0.3) is 0 Å². The molecule has 1 aromatic heterocycles. The number of hydrogen-bond donors (Lipinski definition) is 1. The van der Waals surface area contributed by atoms with Gasteiger partial charge in [-0.3, -0.25) is 10.1 Å². The van der Waals surface area contributed by atoms with Crippen molar-refractivity contribution in [2.45, 2.75) is 11.3 Å². The van der Waals surface area contributed by atoms with E-state index in [0.29, 0.717) is 6.20 Å². The van der Waals surface area contributed by atoms with Crippen molar-refractivity contribution in [3.8, 4) is 5.75 Å². The monoisotopic (exact) mass is 321 g/mol. The van der Waals surface area contributed by atoms with Gasteiger partial charge in [0.2, 0.25) is 5.75 Å². The van der Waals surface area contributed by atoms with Gasteiger partial charge in [0, 0.05) is 10.7 Å². The predicted octanol–water partition coefficient (Wildman–Crippen LogP) is 1.40. The summed E-state index contributed by atoms with van der Waals surface area (Å²) in [5.41, 5.74) is 3.71. The molecule has 0 aliphatic carbocycles. The van der Waals surface area contributed by atoms with Crippen LogP contribution in [0, 0.1) is 10.1 Å². The zero-order valence-electron chi connectivity index (χ0n) is 8.51. The SMILES string of the molecule is Nc1ncc([N+](=O)[O-])c(OC(F)(F)F)c1S(=O)(=O)Cl. The minimum Gasteiger partial charge on any atom is -0.397 e. The van der Waals surface area contributed by atoms with Gasteiger partial charge in [-0.2, -0.15) is 0 Å². The molecule has 0 atom stereocenters. The summed E-state index contributed by atoms with van der Waals surface area (Å²) in [4.78, 5) is 10.9. The summed E-state index contributed by atoms with van der Waals surface area (Å²) >= 11 is 0. The number of hydrogen-bond acceptors (Lipinski definition) is 7. The van der Waals surface area contributed by atoms with Crippen LogP contribution in [-0.4, -0.2) is 24.7 Å². The molecule has 0 amide bonds. The quantitative estimate of drug-likeness (QED) is 0.506. The maximum absolute atomic E-state index is 12.1. The average molecular weight is 322 g/mol. The molecule has 0 aromatic carbocycles. The molecule has 0 unspecified atom stereocenters. The van der Waals surface area contributed by atoms with E-state index >= 15 is 0 Å². The Labute approximate surface area is 107 Å². The van der Waals surface area contributed by atoms with Crippen LogP contribution < -0.4 is 10.5 Å². The molecule has 1 rings (SSSR count). The maximum Gasteiger partial charge on any atom is 0.573 e.